The Morgan fingerprint density at radius 3 is 3.09 bits per heavy atom. The Labute approximate surface area is 135 Å². The Morgan fingerprint density at radius 2 is 2.30 bits per heavy atom. The maximum Gasteiger partial charge on any atom is 0.148 e. The van der Waals surface area contributed by atoms with Gasteiger partial charge in [-0.3, -0.25) is 4.90 Å². The van der Waals surface area contributed by atoms with Crippen LogP contribution < -0.4 is 5.32 Å². The van der Waals surface area contributed by atoms with Gasteiger partial charge in [-0.1, -0.05) is 0 Å². The van der Waals surface area contributed by atoms with Crippen LogP contribution in [0, 0.1) is 6.92 Å². The lowest BCUT2D eigenvalue weighted by molar-refractivity contribution is 0.0115. The second-order valence-electron chi connectivity index (χ2n) is 6.64. The van der Waals surface area contributed by atoms with E-state index in [2.05, 4.69) is 20.4 Å². The van der Waals surface area contributed by atoms with Crippen molar-refractivity contribution < 1.29 is 9.15 Å². The summed E-state index contributed by atoms with van der Waals surface area (Å²) in [5.41, 5.74) is 0.904. The molecule has 2 aliphatic rings. The number of nitrogens with zero attached hydrogens (tertiary/aromatic N) is 3. The molecule has 2 atom stereocenters. The van der Waals surface area contributed by atoms with Crippen molar-refractivity contribution >= 4 is 5.82 Å². The number of anilines is 1. The zero-order chi connectivity index (χ0) is 15.7. The predicted octanol–water partition coefficient (Wildman–Crippen LogP) is 2.22. The molecule has 2 saturated heterocycles. The number of hydrogen-bond donors (Lipinski definition) is 1. The fourth-order valence-electron chi connectivity index (χ4n) is 3.59. The van der Waals surface area contributed by atoms with Gasteiger partial charge in [0.25, 0.3) is 0 Å². The molecule has 4 heterocycles. The molecule has 6 nitrogen and oxygen atoms in total. The second kappa shape index (κ2) is 5.94. The van der Waals surface area contributed by atoms with Crippen molar-refractivity contribution in [1.82, 2.24) is 15.1 Å². The summed E-state index contributed by atoms with van der Waals surface area (Å²) in [5.74, 6) is 1.84. The zero-order valence-electron chi connectivity index (χ0n) is 13.4. The monoisotopic (exact) mass is 314 g/mol. The van der Waals surface area contributed by atoms with Gasteiger partial charge >= 0.3 is 0 Å². The van der Waals surface area contributed by atoms with Crippen molar-refractivity contribution in [2.75, 3.05) is 25.0 Å². The highest BCUT2D eigenvalue weighted by molar-refractivity contribution is 5.34. The van der Waals surface area contributed by atoms with E-state index in [1.165, 1.54) is 0 Å². The molecule has 1 N–H and O–H groups in total. The summed E-state index contributed by atoms with van der Waals surface area (Å²) in [7, 11) is 0. The molecule has 0 bridgehead atoms. The highest BCUT2D eigenvalue weighted by Crippen LogP contribution is 2.36. The minimum absolute atomic E-state index is 0.0254. The molecule has 0 aliphatic carbocycles. The summed E-state index contributed by atoms with van der Waals surface area (Å²) in [4.78, 5) is 2.41. The average molecular weight is 314 g/mol. The van der Waals surface area contributed by atoms with E-state index in [-0.39, 0.29) is 5.60 Å². The van der Waals surface area contributed by atoms with E-state index in [0.717, 1.165) is 56.4 Å². The molecule has 2 unspecified atom stereocenters. The van der Waals surface area contributed by atoms with E-state index in [1.54, 1.807) is 6.26 Å². The molecule has 122 valence electrons. The molecule has 0 saturated carbocycles. The van der Waals surface area contributed by atoms with Crippen LogP contribution in [0.1, 0.15) is 24.3 Å². The van der Waals surface area contributed by atoms with Crippen molar-refractivity contribution in [2.24, 2.45) is 0 Å². The van der Waals surface area contributed by atoms with Crippen LogP contribution in [-0.2, 0) is 11.3 Å². The number of likely N-dealkylation sites (tertiary alicyclic amines) is 1. The largest absolute Gasteiger partial charge is 0.468 e. The van der Waals surface area contributed by atoms with Gasteiger partial charge in [0, 0.05) is 19.5 Å². The molecule has 1 spiro atoms. The topological polar surface area (TPSA) is 63.4 Å². The summed E-state index contributed by atoms with van der Waals surface area (Å²) >= 11 is 0. The minimum atomic E-state index is -0.0254. The Morgan fingerprint density at radius 1 is 1.35 bits per heavy atom. The van der Waals surface area contributed by atoms with E-state index in [9.17, 15) is 0 Å². The van der Waals surface area contributed by atoms with Crippen molar-refractivity contribution in [3.63, 3.8) is 0 Å². The number of rotatable bonds is 4. The minimum Gasteiger partial charge on any atom is -0.468 e. The van der Waals surface area contributed by atoms with Gasteiger partial charge in [-0.25, -0.2) is 0 Å². The van der Waals surface area contributed by atoms with Gasteiger partial charge in [0.15, 0.2) is 0 Å². The first-order valence-corrected chi connectivity index (χ1v) is 8.16. The molecule has 2 fully saturated rings. The fraction of sp³-hybridized carbons (Fsp3) is 0.529. The van der Waals surface area contributed by atoms with E-state index in [4.69, 9.17) is 9.15 Å². The van der Waals surface area contributed by atoms with E-state index >= 15 is 0 Å². The summed E-state index contributed by atoms with van der Waals surface area (Å²) < 4.78 is 11.6. The van der Waals surface area contributed by atoms with Crippen LogP contribution in [0.4, 0.5) is 5.82 Å². The molecule has 2 aromatic rings. The van der Waals surface area contributed by atoms with E-state index < -0.39 is 0 Å². The molecule has 4 rings (SSSR count). The normalized spacial score (nSPS) is 27.8. The zero-order valence-corrected chi connectivity index (χ0v) is 13.4. The van der Waals surface area contributed by atoms with Crippen LogP contribution in [0.5, 0.6) is 0 Å². The van der Waals surface area contributed by atoms with Crippen LogP contribution in [0.15, 0.2) is 34.9 Å². The quantitative estimate of drug-likeness (QED) is 0.933. The number of hydrogen-bond acceptors (Lipinski definition) is 6. The number of furan rings is 1. The Kier molecular flexibility index (Phi) is 3.79. The van der Waals surface area contributed by atoms with Crippen LogP contribution in [0.25, 0.3) is 0 Å². The first-order chi connectivity index (χ1) is 11.2. The predicted molar refractivity (Wildman–Crippen MR) is 86.1 cm³/mol. The first-order valence-electron chi connectivity index (χ1n) is 8.16. The van der Waals surface area contributed by atoms with Crippen LogP contribution in [0.3, 0.4) is 0 Å². The first kappa shape index (κ1) is 14.7. The molecule has 0 aromatic carbocycles. The number of aryl methyl sites for hydroxylation is 1. The summed E-state index contributed by atoms with van der Waals surface area (Å²) in [6.07, 6.45) is 3.82. The van der Waals surface area contributed by atoms with Gasteiger partial charge in [-0.05, 0) is 37.6 Å². The smallest absolute Gasteiger partial charge is 0.148 e. The highest BCUT2D eigenvalue weighted by atomic mass is 16.5. The van der Waals surface area contributed by atoms with Crippen molar-refractivity contribution in [3.05, 3.63) is 42.0 Å². The van der Waals surface area contributed by atoms with Gasteiger partial charge in [-0.2, -0.15) is 5.10 Å². The molecular weight excluding hydrogens is 292 g/mol. The summed E-state index contributed by atoms with van der Waals surface area (Å²) in [6.45, 7) is 5.55. The maximum atomic E-state index is 6.18. The van der Waals surface area contributed by atoms with Crippen LogP contribution >= 0.6 is 0 Å². The van der Waals surface area contributed by atoms with Crippen molar-refractivity contribution in [1.29, 1.82) is 0 Å². The van der Waals surface area contributed by atoms with Crippen LogP contribution in [0.2, 0.25) is 0 Å². The average Bonchev–Trinajstić information content (AvgIpc) is 3.26. The third-order valence-electron chi connectivity index (χ3n) is 4.71. The maximum absolute atomic E-state index is 6.18. The SMILES string of the molecule is Cc1ccc(NC2COC3(CCN(Cc4ccco4)C3)C2)nn1. The van der Waals surface area contributed by atoms with E-state index in [1.807, 2.05) is 31.2 Å². The molecular formula is C17H22N4O2. The number of aromatic nitrogens is 2. The van der Waals surface area contributed by atoms with Gasteiger partial charge in [0.2, 0.25) is 0 Å². The van der Waals surface area contributed by atoms with Crippen molar-refractivity contribution in [3.8, 4) is 0 Å². The standard InChI is InChI=1S/C17H22N4O2/c1-13-4-5-16(20-19-13)18-14-9-17(23-11-14)6-7-21(12-17)10-15-3-2-8-22-15/h2-5,8,14H,6-7,9-12H2,1H3,(H,18,20). The van der Waals surface area contributed by atoms with Gasteiger partial charge in [0.05, 0.1) is 36.8 Å². The third-order valence-corrected chi connectivity index (χ3v) is 4.71. The molecule has 0 radical (unpaired) electrons. The Bertz CT molecular complexity index is 643. The molecule has 0 amide bonds. The number of nitrogens with one attached hydrogen (secondary N) is 1. The third kappa shape index (κ3) is 3.23. The lowest BCUT2D eigenvalue weighted by atomic mass is 9.97. The Hall–Kier alpha value is -1.92. The van der Waals surface area contributed by atoms with E-state index in [0.29, 0.717) is 6.04 Å². The molecule has 2 aromatic heterocycles. The highest BCUT2D eigenvalue weighted by Gasteiger charge is 2.45. The molecule has 6 heteroatoms. The lowest BCUT2D eigenvalue weighted by Crippen LogP contribution is -2.33. The molecule has 23 heavy (non-hydrogen) atoms. The molecule has 2 aliphatic heterocycles. The second-order valence-corrected chi connectivity index (χ2v) is 6.64. The summed E-state index contributed by atoms with van der Waals surface area (Å²) in [6, 6.07) is 8.22. The van der Waals surface area contributed by atoms with Gasteiger partial charge in [0.1, 0.15) is 11.6 Å². The van der Waals surface area contributed by atoms with Crippen LogP contribution in [-0.4, -0.2) is 46.4 Å². The van der Waals surface area contributed by atoms with Crippen molar-refractivity contribution in [2.45, 2.75) is 38.0 Å². The van der Waals surface area contributed by atoms with Gasteiger partial charge in [-0.15, -0.1) is 5.10 Å². The lowest BCUT2D eigenvalue weighted by Gasteiger charge is -2.23. The summed E-state index contributed by atoms with van der Waals surface area (Å²) in [5, 5.41) is 11.7. The number of ether oxygens (including phenoxy) is 1. The fourth-order valence-corrected chi connectivity index (χ4v) is 3.59. The Balaban J connectivity index is 1.33. The van der Waals surface area contributed by atoms with Gasteiger partial charge < -0.3 is 14.5 Å².